The van der Waals surface area contributed by atoms with Gasteiger partial charge in [0.15, 0.2) is 30.5 Å². The molecule has 1 aromatic heterocycles. The average molecular weight is 940 g/mol. The van der Waals surface area contributed by atoms with Gasteiger partial charge in [0.2, 0.25) is 0 Å². The second-order valence-electron chi connectivity index (χ2n) is 18.0. The molecule has 4 fully saturated rings. The molecule has 0 aromatic carbocycles. The number of aromatic nitrogens is 1. The van der Waals surface area contributed by atoms with Crippen LogP contribution in [0.25, 0.3) is 0 Å². The SMILES string of the molecule is C=C1CC[C@@H](O[C@H]2C[C@@](O)([C@H](C)NC(=O)c3[nH]c(C)c(Cl)c3Cl)[C@H](O)[C@@H](C)O2)[C@@H]2C=C[C@H](C)[C@H](/C(O)=C3/C(=O)[C@H](C(C)C)N([C@@H]4O[C@@H](C)[C@@H](OC(N)=O)[C@@H](OC(C)=O)[C@H]4OC)C3=O)[C@@H]12. The smallest absolute Gasteiger partial charge is 0.405 e. The number of aromatic amines is 1. The molecule has 2 aliphatic carbocycles. The molecule has 4 heterocycles. The fraction of sp³-hybridized carbons (Fsp3) is 0.659. The van der Waals surface area contributed by atoms with Crippen LogP contribution in [0.4, 0.5) is 4.79 Å². The molecule has 18 nitrogen and oxygen atoms in total. The Bertz CT molecular complexity index is 2090. The molecule has 3 saturated heterocycles. The van der Waals surface area contributed by atoms with Gasteiger partial charge in [0.1, 0.15) is 40.9 Å². The number of likely N-dealkylation sites (tertiary alicyclic amines) is 1. The molecule has 64 heavy (non-hydrogen) atoms. The third-order valence-electron chi connectivity index (χ3n) is 13.5. The number of fused-ring (bicyclic) bond motifs is 1. The first-order chi connectivity index (χ1) is 29.9. The van der Waals surface area contributed by atoms with Crippen LogP contribution in [0.15, 0.2) is 35.6 Å². The lowest BCUT2D eigenvalue weighted by molar-refractivity contribution is -0.296. The zero-order chi connectivity index (χ0) is 47.4. The first-order valence-electron chi connectivity index (χ1n) is 21.5. The Morgan fingerprint density at radius 1 is 1.05 bits per heavy atom. The van der Waals surface area contributed by atoms with Gasteiger partial charge in [-0.15, -0.1) is 0 Å². The van der Waals surface area contributed by atoms with Crippen molar-refractivity contribution in [3.63, 3.8) is 0 Å². The highest BCUT2D eigenvalue weighted by atomic mass is 35.5. The van der Waals surface area contributed by atoms with Gasteiger partial charge < -0.3 is 59.8 Å². The number of nitrogens with one attached hydrogen (secondary N) is 2. The van der Waals surface area contributed by atoms with E-state index in [1.807, 2.05) is 19.1 Å². The number of nitrogens with zero attached hydrogens (tertiary/aromatic N) is 1. The van der Waals surface area contributed by atoms with Crippen LogP contribution in [0.2, 0.25) is 10.0 Å². The summed E-state index contributed by atoms with van der Waals surface area (Å²) in [7, 11) is 1.29. The molecule has 20 heteroatoms. The number of hydrogen-bond donors (Lipinski definition) is 6. The van der Waals surface area contributed by atoms with Gasteiger partial charge in [0.05, 0.1) is 34.4 Å². The Hall–Kier alpha value is -4.01. The number of Topliss-reactive ketones (excluding diaryl/α,β-unsaturated/α-hetero) is 1. The third-order valence-corrected chi connectivity index (χ3v) is 14.4. The first-order valence-corrected chi connectivity index (χ1v) is 22.2. The van der Waals surface area contributed by atoms with E-state index in [9.17, 15) is 39.3 Å². The number of H-pyrrole nitrogens is 1. The Kier molecular flexibility index (Phi) is 14.7. The van der Waals surface area contributed by atoms with Crippen LogP contribution in [0.3, 0.4) is 0 Å². The Morgan fingerprint density at radius 3 is 2.30 bits per heavy atom. The summed E-state index contributed by atoms with van der Waals surface area (Å²) in [6, 6.07) is -2.17. The van der Waals surface area contributed by atoms with Crippen molar-refractivity contribution in [2.45, 2.75) is 148 Å². The van der Waals surface area contributed by atoms with E-state index in [1.54, 1.807) is 34.6 Å². The molecule has 354 valence electrons. The van der Waals surface area contributed by atoms with Crippen LogP contribution >= 0.6 is 23.2 Å². The minimum atomic E-state index is -1.92. The van der Waals surface area contributed by atoms with Crippen LogP contribution in [0, 0.1) is 36.5 Å². The number of esters is 1. The van der Waals surface area contributed by atoms with Gasteiger partial charge in [-0.1, -0.05) is 68.3 Å². The number of primary amides is 1. The van der Waals surface area contributed by atoms with E-state index in [2.05, 4.69) is 16.9 Å². The van der Waals surface area contributed by atoms with Crippen LogP contribution in [-0.4, -0.2) is 135 Å². The molecule has 0 bridgehead atoms. The molecule has 0 unspecified atom stereocenters. The van der Waals surface area contributed by atoms with Crippen molar-refractivity contribution in [1.29, 1.82) is 0 Å². The maximum Gasteiger partial charge on any atom is 0.405 e. The fourth-order valence-electron chi connectivity index (χ4n) is 10.3. The van der Waals surface area contributed by atoms with Crippen molar-refractivity contribution in [1.82, 2.24) is 15.2 Å². The fourth-order valence-corrected chi connectivity index (χ4v) is 10.7. The number of rotatable bonds is 11. The zero-order valence-corrected chi connectivity index (χ0v) is 38.8. The van der Waals surface area contributed by atoms with Crippen molar-refractivity contribution in [2.24, 2.45) is 35.3 Å². The number of aryl methyl sites for hydroxylation is 1. The molecule has 5 aliphatic rings. The molecular formula is C44H60Cl2N4O14. The van der Waals surface area contributed by atoms with Crippen molar-refractivity contribution >= 4 is 52.9 Å². The number of aliphatic hydroxyl groups excluding tert-OH is 2. The average Bonchev–Trinajstić information content (AvgIpc) is 3.63. The van der Waals surface area contributed by atoms with Gasteiger partial charge >= 0.3 is 12.1 Å². The molecule has 1 saturated carbocycles. The molecule has 0 radical (unpaired) electrons. The van der Waals surface area contributed by atoms with E-state index in [1.165, 1.54) is 18.9 Å². The highest BCUT2D eigenvalue weighted by molar-refractivity contribution is 6.44. The number of hydrogen-bond acceptors (Lipinski definition) is 14. The van der Waals surface area contributed by atoms with Crippen LogP contribution in [-0.2, 0) is 42.8 Å². The lowest BCUT2D eigenvalue weighted by Crippen LogP contribution is -2.66. The normalized spacial score (nSPS) is 37.9. The zero-order valence-electron chi connectivity index (χ0n) is 37.3. The van der Waals surface area contributed by atoms with Crippen molar-refractivity contribution in [2.75, 3.05) is 7.11 Å². The van der Waals surface area contributed by atoms with E-state index in [0.717, 1.165) is 12.5 Å². The summed E-state index contributed by atoms with van der Waals surface area (Å²) in [5.74, 6) is -5.95. The molecule has 6 rings (SSSR count). The van der Waals surface area contributed by atoms with Gasteiger partial charge in [-0.25, -0.2) is 4.79 Å². The third kappa shape index (κ3) is 8.96. The Morgan fingerprint density at radius 2 is 1.72 bits per heavy atom. The number of allylic oxidation sites excluding steroid dienone is 3. The summed E-state index contributed by atoms with van der Waals surface area (Å²) < 4.78 is 35.6. The monoisotopic (exact) mass is 938 g/mol. The number of methoxy groups -OCH3 is 1. The van der Waals surface area contributed by atoms with Gasteiger partial charge in [0, 0.05) is 38.0 Å². The Balaban J connectivity index is 1.27. The van der Waals surface area contributed by atoms with Gasteiger partial charge in [-0.2, -0.15) is 0 Å². The standard InChI is InChI=1S/C44H60Cl2N4O14/c1-16(2)33-35(53)29(41(56)50(33)42-38(59-10)37(62-23(9)51)36(20(6)61-42)64-43(47)57)34(52)28-18(4)11-13-24-25(14-12-17(3)27(24)28)63-26-15-44(58,39(54)21(7)60-26)22(8)49-40(55)32-31(46)30(45)19(5)48-32/h11,13,16,18,20-22,24-28,33,36-39,42,48,52,54,58H,3,12,14-15H2,1-2,4-10H3,(H2,47,57)(H,49,55)/b34-29+/t18-,20-,21+,22-,24-,25+,26-,27-,28-,33-,36+,37+,38+,39+,42+,44+/m0/s1. The second-order valence-corrected chi connectivity index (χ2v) is 18.8. The lowest BCUT2D eigenvalue weighted by Gasteiger charge is -2.50. The number of halogens is 2. The predicted molar refractivity (Wildman–Crippen MR) is 230 cm³/mol. The summed E-state index contributed by atoms with van der Waals surface area (Å²) >= 11 is 12.5. The molecule has 7 N–H and O–H groups in total. The molecular weight excluding hydrogens is 879 g/mol. The molecule has 1 aromatic rings. The number of ketones is 1. The minimum absolute atomic E-state index is 0.00400. The number of nitrogens with two attached hydrogens (primary N) is 1. The lowest BCUT2D eigenvalue weighted by atomic mass is 9.61. The summed E-state index contributed by atoms with van der Waals surface area (Å²) in [5.41, 5.74) is 4.24. The number of aliphatic hydroxyl groups is 3. The van der Waals surface area contributed by atoms with Crippen molar-refractivity contribution < 1.29 is 67.7 Å². The van der Waals surface area contributed by atoms with E-state index in [4.69, 9.17) is 57.4 Å². The van der Waals surface area contributed by atoms with E-state index in [-0.39, 0.29) is 22.2 Å². The molecule has 16 atom stereocenters. The predicted octanol–water partition coefficient (Wildman–Crippen LogP) is 4.17. The molecule has 3 aliphatic heterocycles. The Labute approximate surface area is 381 Å². The van der Waals surface area contributed by atoms with Crippen LogP contribution in [0.1, 0.15) is 83.9 Å². The maximum absolute atomic E-state index is 14.8. The van der Waals surface area contributed by atoms with Gasteiger partial charge in [0.25, 0.3) is 11.8 Å². The van der Waals surface area contributed by atoms with Gasteiger partial charge in [-0.05, 0) is 58.3 Å². The summed E-state index contributed by atoms with van der Waals surface area (Å²) in [4.78, 5) is 70.8. The number of carbonyl (C=O) groups excluding carboxylic acids is 5. The van der Waals surface area contributed by atoms with E-state index in [0.29, 0.717) is 18.5 Å². The number of amides is 3. The van der Waals surface area contributed by atoms with Gasteiger partial charge in [-0.3, -0.25) is 24.1 Å². The highest BCUT2D eigenvalue weighted by Gasteiger charge is 2.59. The van der Waals surface area contributed by atoms with E-state index >= 15 is 0 Å². The molecule has 0 spiro atoms. The highest BCUT2D eigenvalue weighted by Crippen LogP contribution is 2.51. The molecule has 3 amide bonds. The van der Waals surface area contributed by atoms with Crippen molar-refractivity contribution in [3.05, 3.63) is 57.1 Å². The van der Waals surface area contributed by atoms with Crippen LogP contribution < -0.4 is 11.1 Å². The van der Waals surface area contributed by atoms with E-state index < -0.39 is 144 Å². The quantitative estimate of drug-likeness (QED) is 0.0599. The largest absolute Gasteiger partial charge is 0.511 e. The number of carbonyl (C=O) groups is 5. The maximum atomic E-state index is 14.8. The summed E-state index contributed by atoms with van der Waals surface area (Å²) in [5, 5.41) is 38.6. The topological polar surface area (TPSA) is 258 Å². The number of ether oxygens (including phenoxy) is 6. The summed E-state index contributed by atoms with van der Waals surface area (Å²) in [6.45, 7) is 17.2. The van der Waals surface area contributed by atoms with Crippen LogP contribution in [0.5, 0.6) is 0 Å². The van der Waals surface area contributed by atoms with Crippen molar-refractivity contribution in [3.8, 4) is 0 Å². The minimum Gasteiger partial charge on any atom is -0.511 e. The second kappa shape index (κ2) is 19.1. The summed E-state index contributed by atoms with van der Waals surface area (Å²) in [6.07, 6.45) is -6.73. The first kappa shape index (κ1) is 49.4.